The van der Waals surface area contributed by atoms with Gasteiger partial charge in [-0.15, -0.1) is 0 Å². The number of fused-ring (bicyclic) bond motifs is 1. The zero-order chi connectivity index (χ0) is 14.5. The molecule has 2 heterocycles. The SMILES string of the molecule is Cc1ccn2cc(CCNC(=O)CCC(=O)O)nc2c1. The number of imidazole rings is 1. The Morgan fingerprint density at radius 1 is 1.40 bits per heavy atom. The van der Waals surface area contributed by atoms with E-state index in [1.165, 1.54) is 0 Å². The van der Waals surface area contributed by atoms with Crippen molar-refractivity contribution in [3.05, 3.63) is 35.8 Å². The van der Waals surface area contributed by atoms with Gasteiger partial charge in [0.1, 0.15) is 5.65 Å². The van der Waals surface area contributed by atoms with Gasteiger partial charge in [0.15, 0.2) is 0 Å². The maximum absolute atomic E-state index is 11.4. The number of hydrogen-bond acceptors (Lipinski definition) is 3. The number of carboxylic acid groups (broad SMARTS) is 1. The fraction of sp³-hybridized carbons (Fsp3) is 0.357. The predicted molar refractivity (Wildman–Crippen MR) is 73.5 cm³/mol. The molecule has 0 aromatic carbocycles. The van der Waals surface area contributed by atoms with Crippen molar-refractivity contribution in [2.24, 2.45) is 0 Å². The Labute approximate surface area is 116 Å². The van der Waals surface area contributed by atoms with Crippen LogP contribution in [0.4, 0.5) is 0 Å². The molecular weight excluding hydrogens is 258 g/mol. The molecule has 0 unspecified atom stereocenters. The Morgan fingerprint density at radius 3 is 2.95 bits per heavy atom. The molecule has 0 aliphatic carbocycles. The van der Waals surface area contributed by atoms with E-state index in [1.807, 2.05) is 35.9 Å². The van der Waals surface area contributed by atoms with Gasteiger partial charge in [-0.3, -0.25) is 9.59 Å². The van der Waals surface area contributed by atoms with E-state index in [4.69, 9.17) is 5.11 Å². The summed E-state index contributed by atoms with van der Waals surface area (Å²) in [5.41, 5.74) is 2.93. The molecule has 0 saturated heterocycles. The van der Waals surface area contributed by atoms with Crippen molar-refractivity contribution in [3.63, 3.8) is 0 Å². The normalized spacial score (nSPS) is 10.7. The minimum atomic E-state index is -0.962. The molecule has 0 bridgehead atoms. The van der Waals surface area contributed by atoms with E-state index < -0.39 is 5.97 Å². The van der Waals surface area contributed by atoms with Crippen LogP contribution in [-0.4, -0.2) is 32.9 Å². The molecule has 2 aromatic rings. The number of nitrogens with zero attached hydrogens (tertiary/aromatic N) is 2. The third-order valence-electron chi connectivity index (χ3n) is 2.93. The first-order valence-corrected chi connectivity index (χ1v) is 6.47. The number of aryl methyl sites for hydroxylation is 1. The van der Waals surface area contributed by atoms with Crippen LogP contribution in [0.2, 0.25) is 0 Å². The van der Waals surface area contributed by atoms with Gasteiger partial charge in [-0.1, -0.05) is 0 Å². The average Bonchev–Trinajstić information content (AvgIpc) is 2.78. The van der Waals surface area contributed by atoms with E-state index in [0.717, 1.165) is 16.9 Å². The molecule has 0 spiro atoms. The second-order valence-corrected chi connectivity index (χ2v) is 4.70. The second-order valence-electron chi connectivity index (χ2n) is 4.70. The van der Waals surface area contributed by atoms with Crippen molar-refractivity contribution < 1.29 is 14.7 Å². The van der Waals surface area contributed by atoms with E-state index in [1.54, 1.807) is 0 Å². The van der Waals surface area contributed by atoms with Gasteiger partial charge in [0.2, 0.25) is 5.91 Å². The van der Waals surface area contributed by atoms with Gasteiger partial charge in [-0.2, -0.15) is 0 Å². The van der Waals surface area contributed by atoms with E-state index >= 15 is 0 Å². The lowest BCUT2D eigenvalue weighted by Crippen LogP contribution is -2.26. The van der Waals surface area contributed by atoms with Gasteiger partial charge < -0.3 is 14.8 Å². The van der Waals surface area contributed by atoms with E-state index in [2.05, 4.69) is 10.3 Å². The van der Waals surface area contributed by atoms with Crippen LogP contribution in [0.1, 0.15) is 24.1 Å². The van der Waals surface area contributed by atoms with Crippen LogP contribution in [0.25, 0.3) is 5.65 Å². The van der Waals surface area contributed by atoms with E-state index in [9.17, 15) is 9.59 Å². The number of carbonyl (C=O) groups is 2. The molecule has 0 fully saturated rings. The van der Waals surface area contributed by atoms with Gasteiger partial charge in [0.05, 0.1) is 12.1 Å². The smallest absolute Gasteiger partial charge is 0.303 e. The average molecular weight is 275 g/mol. The summed E-state index contributed by atoms with van der Waals surface area (Å²) < 4.78 is 1.94. The highest BCUT2D eigenvalue weighted by Crippen LogP contribution is 2.07. The largest absolute Gasteiger partial charge is 0.481 e. The van der Waals surface area contributed by atoms with E-state index in [0.29, 0.717) is 13.0 Å². The molecule has 0 atom stereocenters. The van der Waals surface area contributed by atoms with Gasteiger partial charge in [0.25, 0.3) is 0 Å². The van der Waals surface area contributed by atoms with Gasteiger partial charge in [0, 0.05) is 31.8 Å². The molecule has 2 rings (SSSR count). The minimum absolute atomic E-state index is 0.0136. The lowest BCUT2D eigenvalue weighted by Gasteiger charge is -2.01. The Hall–Kier alpha value is -2.37. The number of hydrogen-bond donors (Lipinski definition) is 2. The Kier molecular flexibility index (Phi) is 4.34. The van der Waals surface area contributed by atoms with Crippen molar-refractivity contribution in [3.8, 4) is 0 Å². The summed E-state index contributed by atoms with van der Waals surface area (Å²) in [7, 11) is 0. The minimum Gasteiger partial charge on any atom is -0.481 e. The van der Waals surface area contributed by atoms with Crippen molar-refractivity contribution in [2.75, 3.05) is 6.54 Å². The molecule has 2 aromatic heterocycles. The van der Waals surface area contributed by atoms with Crippen molar-refractivity contribution in [1.82, 2.24) is 14.7 Å². The summed E-state index contributed by atoms with van der Waals surface area (Å²) in [4.78, 5) is 26.1. The first-order valence-electron chi connectivity index (χ1n) is 6.47. The molecule has 0 aliphatic rings. The number of nitrogens with one attached hydrogen (secondary N) is 1. The summed E-state index contributed by atoms with van der Waals surface area (Å²) in [6.07, 6.45) is 4.38. The molecule has 1 amide bonds. The molecule has 20 heavy (non-hydrogen) atoms. The van der Waals surface area contributed by atoms with E-state index in [-0.39, 0.29) is 18.7 Å². The maximum atomic E-state index is 11.4. The van der Waals surface area contributed by atoms with Gasteiger partial charge in [-0.05, 0) is 24.6 Å². The third-order valence-corrected chi connectivity index (χ3v) is 2.93. The number of amides is 1. The summed E-state index contributed by atoms with van der Waals surface area (Å²) in [5.74, 6) is -1.21. The van der Waals surface area contributed by atoms with Crippen molar-refractivity contribution in [1.29, 1.82) is 0 Å². The fourth-order valence-electron chi connectivity index (χ4n) is 1.90. The number of carboxylic acids is 1. The zero-order valence-electron chi connectivity index (χ0n) is 11.3. The van der Waals surface area contributed by atoms with Crippen LogP contribution >= 0.6 is 0 Å². The number of pyridine rings is 1. The summed E-state index contributed by atoms with van der Waals surface area (Å²) >= 11 is 0. The quantitative estimate of drug-likeness (QED) is 0.828. The summed E-state index contributed by atoms with van der Waals surface area (Å²) in [6, 6.07) is 4.00. The highest BCUT2D eigenvalue weighted by molar-refractivity contribution is 5.80. The highest BCUT2D eigenvalue weighted by atomic mass is 16.4. The number of aliphatic carboxylic acids is 1. The van der Waals surface area contributed by atoms with Crippen LogP contribution in [0, 0.1) is 6.92 Å². The molecule has 6 heteroatoms. The fourth-order valence-corrected chi connectivity index (χ4v) is 1.90. The Balaban J connectivity index is 1.83. The predicted octanol–water partition coefficient (Wildman–Crippen LogP) is 1.17. The third kappa shape index (κ3) is 3.81. The Morgan fingerprint density at radius 2 is 2.20 bits per heavy atom. The maximum Gasteiger partial charge on any atom is 0.303 e. The zero-order valence-corrected chi connectivity index (χ0v) is 11.3. The van der Waals surface area contributed by atoms with Crippen LogP contribution in [-0.2, 0) is 16.0 Å². The lowest BCUT2D eigenvalue weighted by molar-refractivity contribution is -0.138. The molecule has 0 radical (unpaired) electrons. The number of rotatable bonds is 6. The molecule has 106 valence electrons. The second kappa shape index (κ2) is 6.18. The first-order chi connectivity index (χ1) is 9.54. The van der Waals surface area contributed by atoms with Crippen molar-refractivity contribution >= 4 is 17.5 Å². The van der Waals surface area contributed by atoms with Gasteiger partial charge in [-0.25, -0.2) is 4.98 Å². The van der Waals surface area contributed by atoms with Crippen LogP contribution in [0.3, 0.4) is 0 Å². The summed E-state index contributed by atoms with van der Waals surface area (Å²) in [5, 5.41) is 11.2. The molecule has 0 aliphatic heterocycles. The topological polar surface area (TPSA) is 83.7 Å². The molecule has 6 nitrogen and oxygen atoms in total. The molecule has 2 N–H and O–H groups in total. The lowest BCUT2D eigenvalue weighted by atomic mass is 10.3. The summed E-state index contributed by atoms with van der Waals surface area (Å²) in [6.45, 7) is 2.47. The van der Waals surface area contributed by atoms with Crippen molar-refractivity contribution in [2.45, 2.75) is 26.2 Å². The standard InChI is InChI=1S/C14H17N3O3/c1-10-5-7-17-9-11(16-12(17)8-10)4-6-15-13(18)2-3-14(19)20/h5,7-9H,2-4,6H2,1H3,(H,15,18)(H,19,20). The number of carbonyl (C=O) groups excluding carboxylic acids is 1. The first kappa shape index (κ1) is 14.0. The van der Waals surface area contributed by atoms with Crippen LogP contribution < -0.4 is 5.32 Å². The van der Waals surface area contributed by atoms with Gasteiger partial charge >= 0.3 is 5.97 Å². The monoisotopic (exact) mass is 275 g/mol. The molecular formula is C14H17N3O3. The number of aromatic nitrogens is 2. The molecule has 0 saturated carbocycles. The highest BCUT2D eigenvalue weighted by Gasteiger charge is 2.06. The van der Waals surface area contributed by atoms with Crippen LogP contribution in [0.15, 0.2) is 24.5 Å². The van der Waals surface area contributed by atoms with Crippen LogP contribution in [0.5, 0.6) is 0 Å². The Bertz CT molecular complexity index is 634.